The van der Waals surface area contributed by atoms with Crippen molar-refractivity contribution in [3.05, 3.63) is 78.0 Å². The number of rotatable bonds is 6. The lowest BCUT2D eigenvalue weighted by molar-refractivity contribution is 0.102. The van der Waals surface area contributed by atoms with Gasteiger partial charge in [0, 0.05) is 25.7 Å². The molecule has 0 bridgehead atoms. The van der Waals surface area contributed by atoms with E-state index >= 15 is 0 Å². The van der Waals surface area contributed by atoms with E-state index in [2.05, 4.69) is 10.4 Å². The van der Waals surface area contributed by atoms with Gasteiger partial charge in [-0.25, -0.2) is 17.4 Å². The van der Waals surface area contributed by atoms with Crippen LogP contribution in [0.5, 0.6) is 0 Å². The molecule has 3 aromatic rings. The molecule has 7 nitrogen and oxygen atoms in total. The minimum absolute atomic E-state index is 0.0675. The van der Waals surface area contributed by atoms with Crippen molar-refractivity contribution in [2.45, 2.75) is 11.4 Å². The molecule has 0 radical (unpaired) electrons. The van der Waals surface area contributed by atoms with Crippen molar-refractivity contribution < 1.29 is 13.2 Å². The molecule has 0 saturated carbocycles. The molecule has 1 amide bonds. The van der Waals surface area contributed by atoms with Gasteiger partial charge < -0.3 is 5.32 Å². The van der Waals surface area contributed by atoms with E-state index in [1.54, 1.807) is 29.1 Å². The highest BCUT2D eigenvalue weighted by molar-refractivity contribution is 7.89. The highest BCUT2D eigenvalue weighted by atomic mass is 32.2. The van der Waals surface area contributed by atoms with Gasteiger partial charge in [0.1, 0.15) is 5.82 Å². The van der Waals surface area contributed by atoms with Gasteiger partial charge in [-0.05, 0) is 23.8 Å². The minimum Gasteiger partial charge on any atom is -0.307 e. The van der Waals surface area contributed by atoms with E-state index < -0.39 is 15.9 Å². The third-order valence-corrected chi connectivity index (χ3v) is 5.82. The van der Waals surface area contributed by atoms with Gasteiger partial charge in [-0.1, -0.05) is 36.4 Å². The largest absolute Gasteiger partial charge is 0.307 e. The van der Waals surface area contributed by atoms with Crippen LogP contribution in [0.2, 0.25) is 0 Å². The molecule has 0 atom stereocenters. The van der Waals surface area contributed by atoms with Crippen LogP contribution < -0.4 is 5.32 Å². The predicted octanol–water partition coefficient (Wildman–Crippen LogP) is 2.43. The van der Waals surface area contributed by atoms with Crippen LogP contribution in [0.3, 0.4) is 0 Å². The zero-order chi connectivity index (χ0) is 19.4. The van der Waals surface area contributed by atoms with Gasteiger partial charge in [-0.3, -0.25) is 4.79 Å². The molecular formula is C19H20N4O3S. The van der Waals surface area contributed by atoms with Gasteiger partial charge in [-0.2, -0.15) is 5.10 Å². The summed E-state index contributed by atoms with van der Waals surface area (Å²) in [6.45, 7) is 0.512. The lowest BCUT2D eigenvalue weighted by Crippen LogP contribution is -2.23. The highest BCUT2D eigenvalue weighted by Crippen LogP contribution is 2.17. The van der Waals surface area contributed by atoms with Crippen molar-refractivity contribution in [2.24, 2.45) is 0 Å². The summed E-state index contributed by atoms with van der Waals surface area (Å²) in [7, 11) is -0.711. The second-order valence-corrected chi connectivity index (χ2v) is 8.28. The van der Waals surface area contributed by atoms with Crippen LogP contribution in [0.15, 0.2) is 71.8 Å². The first-order valence-electron chi connectivity index (χ1n) is 8.27. The second kappa shape index (κ2) is 7.73. The number of benzene rings is 2. The Hall–Kier alpha value is -2.97. The summed E-state index contributed by atoms with van der Waals surface area (Å²) in [6, 6.07) is 17.4. The van der Waals surface area contributed by atoms with Crippen LogP contribution in [0.4, 0.5) is 5.82 Å². The molecule has 0 aliphatic carbocycles. The fourth-order valence-electron chi connectivity index (χ4n) is 2.52. The van der Waals surface area contributed by atoms with Gasteiger partial charge in [0.25, 0.3) is 5.91 Å². The number of aromatic nitrogens is 2. The van der Waals surface area contributed by atoms with Crippen molar-refractivity contribution in [1.29, 1.82) is 0 Å². The van der Waals surface area contributed by atoms with Crippen molar-refractivity contribution in [2.75, 3.05) is 19.4 Å². The molecule has 140 valence electrons. The second-order valence-electron chi connectivity index (χ2n) is 6.13. The zero-order valence-electron chi connectivity index (χ0n) is 15.0. The molecule has 1 heterocycles. The van der Waals surface area contributed by atoms with Gasteiger partial charge >= 0.3 is 0 Å². The van der Waals surface area contributed by atoms with Crippen molar-refractivity contribution in [3.63, 3.8) is 0 Å². The molecule has 3 rings (SSSR count). The van der Waals surface area contributed by atoms with Crippen LogP contribution in [0, 0.1) is 0 Å². The van der Waals surface area contributed by atoms with Crippen molar-refractivity contribution in [3.8, 4) is 0 Å². The average Bonchev–Trinajstić information content (AvgIpc) is 3.09. The lowest BCUT2D eigenvalue weighted by Gasteiger charge is -2.13. The summed E-state index contributed by atoms with van der Waals surface area (Å²) in [5.41, 5.74) is 1.31. The molecular weight excluding hydrogens is 364 g/mol. The van der Waals surface area contributed by atoms with E-state index in [0.29, 0.717) is 12.4 Å². The summed E-state index contributed by atoms with van der Waals surface area (Å²) in [4.78, 5) is 12.7. The Morgan fingerprint density at radius 3 is 2.52 bits per heavy atom. The maximum Gasteiger partial charge on any atom is 0.256 e. The molecule has 0 saturated heterocycles. The topological polar surface area (TPSA) is 84.3 Å². The van der Waals surface area contributed by atoms with E-state index in [1.165, 1.54) is 26.2 Å². The van der Waals surface area contributed by atoms with Crippen molar-refractivity contribution in [1.82, 2.24) is 14.1 Å². The summed E-state index contributed by atoms with van der Waals surface area (Å²) in [5, 5.41) is 7.03. The fraction of sp³-hybridized carbons (Fsp3) is 0.158. The van der Waals surface area contributed by atoms with Crippen LogP contribution in [0.1, 0.15) is 15.9 Å². The first-order valence-corrected chi connectivity index (χ1v) is 9.71. The molecule has 0 spiro atoms. The van der Waals surface area contributed by atoms with E-state index in [1.807, 2.05) is 30.3 Å². The van der Waals surface area contributed by atoms with Crippen LogP contribution in [0.25, 0.3) is 0 Å². The maximum atomic E-state index is 12.6. The van der Waals surface area contributed by atoms with Gasteiger partial charge in [0.2, 0.25) is 10.0 Å². The Morgan fingerprint density at radius 1 is 1.07 bits per heavy atom. The number of sulfonamides is 1. The van der Waals surface area contributed by atoms with Crippen molar-refractivity contribution >= 4 is 21.7 Å². The molecule has 1 N–H and O–H groups in total. The Morgan fingerprint density at radius 2 is 1.81 bits per heavy atom. The number of amides is 1. The quantitative estimate of drug-likeness (QED) is 0.707. The Labute approximate surface area is 158 Å². The first kappa shape index (κ1) is 18.8. The Balaban J connectivity index is 1.80. The molecule has 0 aliphatic rings. The lowest BCUT2D eigenvalue weighted by atomic mass is 10.2. The first-order chi connectivity index (χ1) is 12.9. The number of carbonyl (C=O) groups excluding carboxylic acids is 1. The summed E-state index contributed by atoms with van der Waals surface area (Å²) >= 11 is 0. The van der Waals surface area contributed by atoms with Crippen LogP contribution in [-0.4, -0.2) is 42.5 Å². The summed E-state index contributed by atoms with van der Waals surface area (Å²) in [5.74, 6) is 0.130. The number of hydrogen-bond donors (Lipinski definition) is 1. The maximum absolute atomic E-state index is 12.6. The average molecular weight is 384 g/mol. The SMILES string of the molecule is CN(C)S(=O)(=O)c1cccc(C(=O)Nc2ccnn2Cc2ccccc2)c1. The van der Waals surface area contributed by atoms with E-state index in [9.17, 15) is 13.2 Å². The van der Waals surface area contributed by atoms with E-state index in [-0.39, 0.29) is 10.5 Å². The smallest absolute Gasteiger partial charge is 0.256 e. The molecule has 8 heteroatoms. The van der Waals surface area contributed by atoms with Gasteiger partial charge in [0.05, 0.1) is 17.6 Å². The van der Waals surface area contributed by atoms with E-state index in [4.69, 9.17) is 0 Å². The Kier molecular flexibility index (Phi) is 5.38. The molecule has 0 fully saturated rings. The third-order valence-electron chi connectivity index (χ3n) is 4.01. The molecule has 0 unspecified atom stereocenters. The summed E-state index contributed by atoms with van der Waals surface area (Å²) < 4.78 is 27.3. The molecule has 1 aromatic heterocycles. The normalized spacial score (nSPS) is 11.5. The summed E-state index contributed by atoms with van der Waals surface area (Å²) in [6.07, 6.45) is 1.60. The minimum atomic E-state index is -3.61. The van der Waals surface area contributed by atoms with Crippen LogP contribution >= 0.6 is 0 Å². The van der Waals surface area contributed by atoms with Crippen LogP contribution in [-0.2, 0) is 16.6 Å². The third kappa shape index (κ3) is 4.24. The Bertz CT molecular complexity index is 1040. The molecule has 27 heavy (non-hydrogen) atoms. The number of carbonyl (C=O) groups is 1. The predicted molar refractivity (Wildman–Crippen MR) is 103 cm³/mol. The zero-order valence-corrected chi connectivity index (χ0v) is 15.8. The molecule has 0 aliphatic heterocycles. The number of nitrogens with zero attached hydrogens (tertiary/aromatic N) is 3. The van der Waals surface area contributed by atoms with Gasteiger partial charge in [0.15, 0.2) is 0 Å². The monoisotopic (exact) mass is 384 g/mol. The number of nitrogens with one attached hydrogen (secondary N) is 1. The number of hydrogen-bond acceptors (Lipinski definition) is 4. The standard InChI is InChI=1S/C19H20N4O3S/c1-22(2)27(25,26)17-10-6-9-16(13-17)19(24)21-18-11-12-20-23(18)14-15-7-4-3-5-8-15/h3-13H,14H2,1-2H3,(H,21,24). The van der Waals surface area contributed by atoms with E-state index in [0.717, 1.165) is 9.87 Å². The number of anilines is 1. The van der Waals surface area contributed by atoms with Gasteiger partial charge in [-0.15, -0.1) is 0 Å². The molecule has 2 aromatic carbocycles. The fourth-order valence-corrected chi connectivity index (χ4v) is 3.47. The highest BCUT2D eigenvalue weighted by Gasteiger charge is 2.19.